The molecule has 0 saturated carbocycles. The number of ether oxygens (including phenoxy) is 1. The number of carbonyl (C=O) groups is 2. The maximum atomic E-state index is 12.2. The monoisotopic (exact) mass is 482 g/mol. The van der Waals surface area contributed by atoms with Crippen LogP contribution in [0.2, 0.25) is 5.02 Å². The predicted molar refractivity (Wildman–Crippen MR) is 125 cm³/mol. The molecule has 0 radical (unpaired) electrons. The van der Waals surface area contributed by atoms with E-state index in [0.717, 1.165) is 16.5 Å². The number of halogens is 1. The Morgan fingerprint density at radius 2 is 1.85 bits per heavy atom. The Morgan fingerprint density at radius 3 is 2.65 bits per heavy atom. The van der Waals surface area contributed by atoms with Gasteiger partial charge in [-0.3, -0.25) is 14.3 Å². The summed E-state index contributed by atoms with van der Waals surface area (Å²) in [7, 11) is 0. The number of aryl methyl sites for hydroxylation is 1. The summed E-state index contributed by atoms with van der Waals surface area (Å²) in [6, 6.07) is 13.4. The maximum absolute atomic E-state index is 12.2. The van der Waals surface area contributed by atoms with Gasteiger partial charge < -0.3 is 19.9 Å². The van der Waals surface area contributed by atoms with Crippen molar-refractivity contribution in [3.63, 3.8) is 0 Å². The summed E-state index contributed by atoms with van der Waals surface area (Å²) in [4.78, 5) is 28.4. The minimum absolute atomic E-state index is 0.134. The zero-order valence-corrected chi connectivity index (χ0v) is 19.4. The van der Waals surface area contributed by atoms with Crippen LogP contribution in [0, 0.1) is 13.8 Å². The molecule has 0 saturated heterocycles. The quantitative estimate of drug-likeness (QED) is 0.351. The van der Waals surface area contributed by atoms with Crippen molar-refractivity contribution in [2.45, 2.75) is 20.4 Å². The zero-order valence-electron chi connectivity index (χ0n) is 18.7. The lowest BCUT2D eigenvalue weighted by Gasteiger charge is -2.10. The van der Waals surface area contributed by atoms with Crippen LogP contribution in [0.15, 0.2) is 47.0 Å². The predicted octanol–water partition coefficient (Wildman–Crippen LogP) is 2.66. The van der Waals surface area contributed by atoms with Crippen LogP contribution in [0.25, 0.3) is 10.8 Å². The van der Waals surface area contributed by atoms with Gasteiger partial charge in [0, 0.05) is 18.5 Å². The molecule has 0 atom stereocenters. The number of aromatic nitrogens is 4. The summed E-state index contributed by atoms with van der Waals surface area (Å²) >= 11 is 6.14. The second-order valence-electron chi connectivity index (χ2n) is 7.53. The van der Waals surface area contributed by atoms with Gasteiger partial charge in [0.05, 0.1) is 16.4 Å². The number of nitrogens with zero attached hydrogens (tertiary/aromatic N) is 4. The highest BCUT2D eigenvalue weighted by molar-refractivity contribution is 6.31. The number of carbonyl (C=O) groups excluding carboxylic acids is 2. The smallest absolute Gasteiger partial charge is 0.316 e. The van der Waals surface area contributed by atoms with Crippen LogP contribution in [-0.2, 0) is 11.3 Å². The number of benzene rings is 2. The van der Waals surface area contributed by atoms with Gasteiger partial charge >= 0.3 is 11.8 Å². The van der Waals surface area contributed by atoms with Crippen molar-refractivity contribution in [3.05, 3.63) is 70.6 Å². The van der Waals surface area contributed by atoms with Crippen LogP contribution in [0.5, 0.6) is 5.75 Å². The summed E-state index contributed by atoms with van der Waals surface area (Å²) in [5, 5.41) is 16.0. The highest BCUT2D eigenvalue weighted by atomic mass is 35.5. The van der Waals surface area contributed by atoms with Crippen molar-refractivity contribution in [2.24, 2.45) is 0 Å². The van der Waals surface area contributed by atoms with Crippen LogP contribution >= 0.6 is 11.6 Å². The van der Waals surface area contributed by atoms with Gasteiger partial charge in [0.2, 0.25) is 0 Å². The van der Waals surface area contributed by atoms with Crippen LogP contribution in [-0.4, -0.2) is 51.4 Å². The molecule has 34 heavy (non-hydrogen) atoms. The lowest BCUT2D eigenvalue weighted by molar-refractivity contribution is -0.123. The highest BCUT2D eigenvalue weighted by Crippen LogP contribution is 2.25. The Hall–Kier alpha value is -3.92. The molecule has 0 spiro atoms. The molecule has 2 aromatic heterocycles. The zero-order chi connectivity index (χ0) is 24.1. The molecular weight excluding hydrogens is 460 g/mol. The fourth-order valence-electron chi connectivity index (χ4n) is 3.34. The fraction of sp³-hybridized carbons (Fsp3) is 0.261. The Morgan fingerprint density at radius 1 is 1.09 bits per heavy atom. The van der Waals surface area contributed by atoms with Gasteiger partial charge in [-0.05, 0) is 25.3 Å². The minimum atomic E-state index is -0.536. The first-order valence-electron chi connectivity index (χ1n) is 10.6. The van der Waals surface area contributed by atoms with Crippen molar-refractivity contribution < 1.29 is 18.8 Å². The number of hydrogen-bond acceptors (Lipinski definition) is 7. The SMILES string of the molecule is Cc1nn(Cc2noc(C(=O)NCCNC(=O)COc3cccc4ccccc34)n2)c(C)c1Cl. The third-order valence-electron chi connectivity index (χ3n) is 5.09. The Balaban J connectivity index is 1.20. The molecular formula is C23H23ClN6O4. The van der Waals surface area contributed by atoms with Crippen LogP contribution in [0.4, 0.5) is 0 Å². The van der Waals surface area contributed by atoms with Crippen molar-refractivity contribution in [1.82, 2.24) is 30.6 Å². The molecule has 10 nitrogen and oxygen atoms in total. The Labute approximate surface area is 200 Å². The summed E-state index contributed by atoms with van der Waals surface area (Å²) < 4.78 is 12.3. The van der Waals surface area contributed by atoms with E-state index in [2.05, 4.69) is 25.9 Å². The van der Waals surface area contributed by atoms with Crippen LogP contribution in [0.1, 0.15) is 27.9 Å². The lowest BCUT2D eigenvalue weighted by atomic mass is 10.1. The van der Waals surface area contributed by atoms with Gasteiger partial charge in [0.25, 0.3) is 5.91 Å². The summed E-state index contributed by atoms with van der Waals surface area (Å²) in [5.41, 5.74) is 1.47. The standard InChI is InChI=1S/C23H23ClN6O4/c1-14-21(24)15(2)30(28-14)12-19-27-23(34-29-19)22(32)26-11-10-25-20(31)13-33-18-9-5-7-16-6-3-4-8-17(16)18/h3-9H,10-13H2,1-2H3,(H,25,31)(H,26,32). The van der Waals surface area contributed by atoms with Crippen molar-refractivity contribution in [3.8, 4) is 5.75 Å². The number of nitrogens with one attached hydrogen (secondary N) is 2. The molecule has 0 aliphatic rings. The van der Waals surface area contributed by atoms with Gasteiger partial charge in [-0.15, -0.1) is 0 Å². The topological polar surface area (TPSA) is 124 Å². The van der Waals surface area contributed by atoms with E-state index in [0.29, 0.717) is 22.3 Å². The average Bonchev–Trinajstić information content (AvgIpc) is 3.41. The highest BCUT2D eigenvalue weighted by Gasteiger charge is 2.17. The molecule has 0 bridgehead atoms. The molecule has 0 aliphatic carbocycles. The minimum Gasteiger partial charge on any atom is -0.483 e. The van der Waals surface area contributed by atoms with Crippen molar-refractivity contribution >= 4 is 34.2 Å². The molecule has 4 rings (SSSR count). The molecule has 176 valence electrons. The van der Waals surface area contributed by atoms with Gasteiger partial charge in [-0.2, -0.15) is 10.1 Å². The number of hydrogen-bond donors (Lipinski definition) is 2. The van der Waals surface area contributed by atoms with Gasteiger partial charge in [-0.1, -0.05) is 53.2 Å². The maximum Gasteiger partial charge on any atom is 0.316 e. The number of rotatable bonds is 9. The van der Waals surface area contributed by atoms with E-state index >= 15 is 0 Å². The molecule has 0 unspecified atom stereocenters. The van der Waals surface area contributed by atoms with E-state index in [1.807, 2.05) is 49.4 Å². The Bertz CT molecular complexity index is 1330. The molecule has 2 aromatic carbocycles. The molecule has 4 aromatic rings. The average molecular weight is 483 g/mol. The number of amides is 2. The molecule has 2 N–H and O–H groups in total. The molecule has 2 heterocycles. The van der Waals surface area contributed by atoms with E-state index in [4.69, 9.17) is 20.9 Å². The number of fused-ring (bicyclic) bond motifs is 1. The van der Waals surface area contributed by atoms with E-state index < -0.39 is 5.91 Å². The fourth-order valence-corrected chi connectivity index (χ4v) is 3.48. The van der Waals surface area contributed by atoms with E-state index in [-0.39, 0.29) is 38.0 Å². The first-order chi connectivity index (χ1) is 16.4. The normalized spacial score (nSPS) is 10.9. The first kappa shape index (κ1) is 23.2. The summed E-state index contributed by atoms with van der Waals surface area (Å²) in [6.07, 6.45) is 0. The molecule has 2 amide bonds. The largest absolute Gasteiger partial charge is 0.483 e. The van der Waals surface area contributed by atoms with Crippen molar-refractivity contribution in [1.29, 1.82) is 0 Å². The first-order valence-corrected chi connectivity index (χ1v) is 11.0. The summed E-state index contributed by atoms with van der Waals surface area (Å²) in [5.74, 6) is -0.0757. The van der Waals surface area contributed by atoms with Crippen LogP contribution in [0.3, 0.4) is 0 Å². The summed E-state index contributed by atoms with van der Waals surface area (Å²) in [6.45, 7) is 4.12. The third-order valence-corrected chi connectivity index (χ3v) is 5.63. The lowest BCUT2D eigenvalue weighted by Crippen LogP contribution is -2.36. The van der Waals surface area contributed by atoms with E-state index in [9.17, 15) is 9.59 Å². The van der Waals surface area contributed by atoms with Gasteiger partial charge in [-0.25, -0.2) is 0 Å². The van der Waals surface area contributed by atoms with Gasteiger partial charge in [0.1, 0.15) is 12.3 Å². The molecule has 11 heteroatoms. The van der Waals surface area contributed by atoms with Gasteiger partial charge in [0.15, 0.2) is 12.4 Å². The molecule has 0 aliphatic heterocycles. The van der Waals surface area contributed by atoms with Crippen LogP contribution < -0.4 is 15.4 Å². The Kier molecular flexibility index (Phi) is 7.07. The second-order valence-corrected chi connectivity index (χ2v) is 7.91. The van der Waals surface area contributed by atoms with E-state index in [1.165, 1.54) is 0 Å². The second kappa shape index (κ2) is 10.3. The van der Waals surface area contributed by atoms with E-state index in [1.54, 1.807) is 11.6 Å². The molecule has 0 fully saturated rings. The van der Waals surface area contributed by atoms with Crippen molar-refractivity contribution in [2.75, 3.05) is 19.7 Å². The third kappa shape index (κ3) is 5.34.